The molecule has 5 rings (SSSR count). The summed E-state index contributed by atoms with van der Waals surface area (Å²) in [6.45, 7) is 1.44. The van der Waals surface area contributed by atoms with Crippen LogP contribution < -0.4 is 37.0 Å². The SMILES string of the molecule is CCNC(=O)C(=O)CC[C@H](NC(=O)c1c[nH]c2ccc(OC(F)(F)F)cc2c1=O)C(=O)Nc1cccn(CC(=O)NC2CC3CCC2C3)c1=O. The molecule has 266 valence electrons. The number of nitrogens with zero attached hydrogens (tertiary/aromatic N) is 1. The molecule has 1 aromatic carbocycles. The van der Waals surface area contributed by atoms with Crippen LogP contribution in [-0.2, 0) is 25.7 Å². The third-order valence-electron chi connectivity index (χ3n) is 8.88. The molecule has 2 aliphatic carbocycles. The summed E-state index contributed by atoms with van der Waals surface area (Å²) >= 11 is 0. The molecular weight excluding hydrogens is 665 g/mol. The summed E-state index contributed by atoms with van der Waals surface area (Å²) in [6.07, 6.45) is 0.564. The molecule has 14 nitrogen and oxygen atoms in total. The molecule has 2 heterocycles. The average Bonchev–Trinajstić information content (AvgIpc) is 3.68. The molecule has 50 heavy (non-hydrogen) atoms. The Hall–Kier alpha value is -5.48. The number of nitrogens with one attached hydrogen (secondary N) is 5. The van der Waals surface area contributed by atoms with Gasteiger partial charge in [-0.05, 0) is 74.8 Å². The number of fused-ring (bicyclic) bond motifs is 3. The number of Topliss-reactive ketones (excluding diaryl/α,β-unsaturated/α-hetero) is 1. The third kappa shape index (κ3) is 8.56. The van der Waals surface area contributed by atoms with E-state index in [9.17, 15) is 46.7 Å². The highest BCUT2D eigenvalue weighted by Gasteiger charge is 2.40. The first-order chi connectivity index (χ1) is 23.7. The van der Waals surface area contributed by atoms with Gasteiger partial charge >= 0.3 is 6.36 Å². The van der Waals surface area contributed by atoms with Crippen molar-refractivity contribution < 1.29 is 41.9 Å². The number of aromatic nitrogens is 2. The van der Waals surface area contributed by atoms with Crippen molar-refractivity contribution in [3.05, 3.63) is 68.9 Å². The molecule has 3 aromatic rings. The number of carbonyl (C=O) groups is 5. The second-order valence-corrected chi connectivity index (χ2v) is 12.3. The number of amides is 4. The fourth-order valence-corrected chi connectivity index (χ4v) is 6.52. The molecule has 0 radical (unpaired) electrons. The summed E-state index contributed by atoms with van der Waals surface area (Å²) in [7, 11) is 0. The second-order valence-electron chi connectivity index (χ2n) is 12.3. The molecule has 2 bridgehead atoms. The highest BCUT2D eigenvalue weighted by atomic mass is 19.4. The molecule has 17 heteroatoms. The van der Waals surface area contributed by atoms with Gasteiger partial charge in [0.2, 0.25) is 23.0 Å². The van der Waals surface area contributed by atoms with Crippen molar-refractivity contribution in [2.24, 2.45) is 11.8 Å². The van der Waals surface area contributed by atoms with Gasteiger partial charge in [-0.3, -0.25) is 33.6 Å². The monoisotopic (exact) mass is 700 g/mol. The Balaban J connectivity index is 1.33. The third-order valence-corrected chi connectivity index (χ3v) is 8.88. The molecule has 2 fully saturated rings. The number of alkyl halides is 3. The molecule has 2 aromatic heterocycles. The Morgan fingerprint density at radius 1 is 1.08 bits per heavy atom. The summed E-state index contributed by atoms with van der Waals surface area (Å²) in [4.78, 5) is 93.0. The van der Waals surface area contributed by atoms with E-state index in [1.807, 2.05) is 0 Å². The first-order valence-electron chi connectivity index (χ1n) is 16.0. The number of pyridine rings is 2. The van der Waals surface area contributed by atoms with E-state index in [-0.39, 0.29) is 41.6 Å². The summed E-state index contributed by atoms with van der Waals surface area (Å²) in [5.74, 6) is -3.99. The number of rotatable bonds is 13. The van der Waals surface area contributed by atoms with Gasteiger partial charge in [-0.15, -0.1) is 13.2 Å². The summed E-state index contributed by atoms with van der Waals surface area (Å²) in [6, 6.07) is 4.10. The number of ketones is 1. The predicted molar refractivity (Wildman–Crippen MR) is 172 cm³/mol. The lowest BCUT2D eigenvalue weighted by Crippen LogP contribution is -2.46. The standard InChI is InChI=1S/C33H35F3N6O8/c1-2-37-31(48)26(43)10-9-23(40-29(46)21-15-38-22-8-7-19(50-33(34,35)36)14-20(22)28(21)45)30(47)41-24-4-3-11-42(32(24)49)16-27(44)39-25-13-17-5-6-18(25)12-17/h3-4,7-8,11,14-15,17-18,23,25H,2,5-6,9-10,12-13,16H2,1H3,(H,37,48)(H,38,45)(H,39,44)(H,40,46)(H,41,47)/t17?,18?,23-,25?/m0/s1. The minimum atomic E-state index is -5.04. The zero-order chi connectivity index (χ0) is 36.2. The van der Waals surface area contributed by atoms with E-state index in [0.29, 0.717) is 11.8 Å². The smallest absolute Gasteiger partial charge is 0.406 e. The molecule has 4 amide bonds. The van der Waals surface area contributed by atoms with Crippen LogP contribution in [0, 0.1) is 11.8 Å². The average molecular weight is 701 g/mol. The number of halogens is 3. The number of hydrogen-bond acceptors (Lipinski definition) is 8. The zero-order valence-corrected chi connectivity index (χ0v) is 26.9. The van der Waals surface area contributed by atoms with Crippen LogP contribution in [0.4, 0.5) is 18.9 Å². The minimum Gasteiger partial charge on any atom is -0.406 e. The molecule has 0 saturated heterocycles. The topological polar surface area (TPSA) is 198 Å². The maximum absolute atomic E-state index is 13.5. The van der Waals surface area contributed by atoms with Gasteiger partial charge in [-0.2, -0.15) is 0 Å². The number of ether oxygens (including phenoxy) is 1. The number of aromatic amines is 1. The van der Waals surface area contributed by atoms with Crippen molar-refractivity contribution in [3.63, 3.8) is 0 Å². The van der Waals surface area contributed by atoms with Crippen molar-refractivity contribution >= 4 is 46.0 Å². The van der Waals surface area contributed by atoms with Crippen LogP contribution in [0.2, 0.25) is 0 Å². The van der Waals surface area contributed by atoms with Crippen LogP contribution in [0.5, 0.6) is 5.75 Å². The van der Waals surface area contributed by atoms with E-state index in [4.69, 9.17) is 0 Å². The molecular formula is C33H35F3N6O8. The Morgan fingerprint density at radius 3 is 2.54 bits per heavy atom. The minimum absolute atomic E-state index is 0.0523. The van der Waals surface area contributed by atoms with Crippen molar-refractivity contribution in [1.82, 2.24) is 25.5 Å². The van der Waals surface area contributed by atoms with Gasteiger partial charge in [0.15, 0.2) is 0 Å². The van der Waals surface area contributed by atoms with Crippen molar-refractivity contribution in [2.75, 3.05) is 11.9 Å². The van der Waals surface area contributed by atoms with E-state index in [1.54, 1.807) is 6.92 Å². The molecule has 5 N–H and O–H groups in total. The molecule has 3 unspecified atom stereocenters. The zero-order valence-electron chi connectivity index (χ0n) is 26.9. The largest absolute Gasteiger partial charge is 0.573 e. The normalized spacial score (nSPS) is 18.7. The van der Waals surface area contributed by atoms with Gasteiger partial charge in [0.05, 0.1) is 0 Å². The van der Waals surface area contributed by atoms with Crippen LogP contribution >= 0.6 is 0 Å². The highest BCUT2D eigenvalue weighted by molar-refractivity contribution is 6.36. The van der Waals surface area contributed by atoms with E-state index in [1.165, 1.54) is 18.3 Å². The predicted octanol–water partition coefficient (Wildman–Crippen LogP) is 2.12. The number of H-pyrrole nitrogens is 1. The van der Waals surface area contributed by atoms with Gasteiger partial charge < -0.3 is 35.6 Å². The van der Waals surface area contributed by atoms with Crippen molar-refractivity contribution in [2.45, 2.75) is 70.4 Å². The van der Waals surface area contributed by atoms with Crippen molar-refractivity contribution in [3.8, 4) is 5.75 Å². The Morgan fingerprint density at radius 2 is 1.86 bits per heavy atom. The Bertz CT molecular complexity index is 1940. The number of carbonyl (C=O) groups excluding carboxylic acids is 5. The molecule has 0 spiro atoms. The van der Waals surface area contributed by atoms with E-state index < -0.39 is 71.1 Å². The lowest BCUT2D eigenvalue weighted by atomic mass is 9.95. The summed E-state index contributed by atoms with van der Waals surface area (Å²) in [5, 5.41) is 9.71. The van der Waals surface area contributed by atoms with Crippen LogP contribution in [0.25, 0.3) is 10.9 Å². The molecule has 2 aliphatic rings. The van der Waals surface area contributed by atoms with Gasteiger partial charge in [0.25, 0.3) is 17.4 Å². The van der Waals surface area contributed by atoms with Crippen LogP contribution in [0.15, 0.2) is 52.3 Å². The summed E-state index contributed by atoms with van der Waals surface area (Å²) < 4.78 is 43.2. The van der Waals surface area contributed by atoms with E-state index in [2.05, 4.69) is 31.0 Å². The lowest BCUT2D eigenvalue weighted by molar-refractivity contribution is -0.274. The van der Waals surface area contributed by atoms with Crippen LogP contribution in [0.1, 0.15) is 55.8 Å². The first kappa shape index (κ1) is 35.8. The van der Waals surface area contributed by atoms with Crippen LogP contribution in [-0.4, -0.2) is 64.0 Å². The number of hydrogen-bond donors (Lipinski definition) is 5. The lowest BCUT2D eigenvalue weighted by Gasteiger charge is -2.23. The quantitative estimate of drug-likeness (QED) is 0.167. The molecule has 2 saturated carbocycles. The Labute approximate surface area is 282 Å². The maximum Gasteiger partial charge on any atom is 0.573 e. The molecule has 0 aliphatic heterocycles. The van der Waals surface area contributed by atoms with Gasteiger partial charge in [-0.1, -0.05) is 6.42 Å². The van der Waals surface area contributed by atoms with Gasteiger partial charge in [-0.25, -0.2) is 0 Å². The highest BCUT2D eigenvalue weighted by Crippen LogP contribution is 2.44. The number of likely N-dealkylation sites (N-methyl/N-ethyl adjacent to an activating group) is 1. The molecule has 4 atom stereocenters. The fraction of sp³-hybridized carbons (Fsp3) is 0.424. The Kier molecular flexibility index (Phi) is 10.7. The van der Waals surface area contributed by atoms with E-state index >= 15 is 0 Å². The second kappa shape index (κ2) is 15.0. The maximum atomic E-state index is 13.5. The summed E-state index contributed by atoms with van der Waals surface area (Å²) in [5.41, 5.74) is -2.46. The van der Waals surface area contributed by atoms with Gasteiger partial charge in [0.1, 0.15) is 29.6 Å². The number of anilines is 1. The van der Waals surface area contributed by atoms with Gasteiger partial charge in [0, 0.05) is 42.3 Å². The van der Waals surface area contributed by atoms with Crippen molar-refractivity contribution in [1.29, 1.82) is 0 Å². The number of benzene rings is 1. The fourth-order valence-electron chi connectivity index (χ4n) is 6.52. The van der Waals surface area contributed by atoms with Crippen LogP contribution in [0.3, 0.4) is 0 Å². The van der Waals surface area contributed by atoms with E-state index in [0.717, 1.165) is 54.6 Å². The first-order valence-corrected chi connectivity index (χ1v) is 16.0.